The summed E-state index contributed by atoms with van der Waals surface area (Å²) in [6.07, 6.45) is 1.35. The lowest BCUT2D eigenvalue weighted by Gasteiger charge is -2.08. The summed E-state index contributed by atoms with van der Waals surface area (Å²) in [5.41, 5.74) is 3.75. The van der Waals surface area contributed by atoms with Crippen molar-refractivity contribution in [3.8, 4) is 0 Å². The summed E-state index contributed by atoms with van der Waals surface area (Å²) < 4.78 is 0. The van der Waals surface area contributed by atoms with Gasteiger partial charge in [-0.25, -0.2) is 0 Å². The monoisotopic (exact) mass is 338 g/mol. The minimum atomic E-state index is -0.140. The molecule has 0 unspecified atom stereocenters. The smallest absolute Gasteiger partial charge is 0.224 e. The number of amides is 1. The number of carbonyl (C=O) groups is 2. The van der Waals surface area contributed by atoms with Crippen molar-refractivity contribution in [2.24, 2.45) is 0 Å². The Morgan fingerprint density at radius 2 is 1.68 bits per heavy atom. The zero-order valence-electron chi connectivity index (χ0n) is 15.0. The number of carbonyl (C=O) groups excluding carboxylic acids is 2. The molecule has 2 aromatic carbocycles. The third kappa shape index (κ3) is 6.16. The summed E-state index contributed by atoms with van der Waals surface area (Å²) in [5, 5.41) is 6.12. The van der Waals surface area contributed by atoms with Crippen molar-refractivity contribution in [2.45, 2.75) is 39.7 Å². The number of benzene rings is 2. The summed E-state index contributed by atoms with van der Waals surface area (Å²) in [7, 11) is 0. The van der Waals surface area contributed by atoms with Crippen LogP contribution in [0.5, 0.6) is 0 Å². The average molecular weight is 338 g/mol. The molecule has 0 heterocycles. The summed E-state index contributed by atoms with van der Waals surface area (Å²) in [5.74, 6) is -0.141. The first-order valence-electron chi connectivity index (χ1n) is 8.84. The fraction of sp³-hybridized carbons (Fsp3) is 0.333. The van der Waals surface area contributed by atoms with Gasteiger partial charge in [0.1, 0.15) is 0 Å². The van der Waals surface area contributed by atoms with Crippen molar-refractivity contribution >= 4 is 17.4 Å². The van der Waals surface area contributed by atoms with Crippen molar-refractivity contribution in [2.75, 3.05) is 11.9 Å². The topological polar surface area (TPSA) is 58.2 Å². The van der Waals surface area contributed by atoms with Crippen LogP contribution in [0.2, 0.25) is 0 Å². The molecule has 1 amide bonds. The zero-order valence-corrected chi connectivity index (χ0v) is 15.0. The van der Waals surface area contributed by atoms with Crippen LogP contribution in [0, 0.1) is 0 Å². The van der Waals surface area contributed by atoms with Gasteiger partial charge in [-0.15, -0.1) is 0 Å². The van der Waals surface area contributed by atoms with E-state index >= 15 is 0 Å². The van der Waals surface area contributed by atoms with Crippen LogP contribution in [0.3, 0.4) is 0 Å². The second kappa shape index (κ2) is 9.74. The van der Waals surface area contributed by atoms with Crippen molar-refractivity contribution < 1.29 is 9.59 Å². The van der Waals surface area contributed by atoms with Crippen molar-refractivity contribution in [3.05, 3.63) is 65.2 Å². The molecule has 2 N–H and O–H groups in total. The van der Waals surface area contributed by atoms with E-state index in [4.69, 9.17) is 0 Å². The first-order valence-corrected chi connectivity index (χ1v) is 8.84. The molecule has 0 aliphatic rings. The Hall–Kier alpha value is -2.46. The van der Waals surface area contributed by atoms with Crippen molar-refractivity contribution in [3.63, 3.8) is 0 Å². The van der Waals surface area contributed by atoms with Crippen molar-refractivity contribution in [1.82, 2.24) is 5.32 Å². The molecule has 4 heteroatoms. The Kier molecular flexibility index (Phi) is 7.36. The zero-order chi connectivity index (χ0) is 18.1. The molecule has 0 aromatic heterocycles. The van der Waals surface area contributed by atoms with Crippen LogP contribution in [0.25, 0.3) is 0 Å². The first kappa shape index (κ1) is 18.9. The Labute approximate surface area is 149 Å². The molecule has 0 spiro atoms. The van der Waals surface area contributed by atoms with Crippen LogP contribution in [0.1, 0.15) is 48.2 Å². The van der Waals surface area contributed by atoms with E-state index in [9.17, 15) is 9.59 Å². The van der Waals surface area contributed by atoms with E-state index < -0.39 is 0 Å². The van der Waals surface area contributed by atoms with E-state index in [1.165, 1.54) is 5.56 Å². The number of hydrogen-bond donors (Lipinski definition) is 2. The molecule has 0 fully saturated rings. The molecule has 0 radical (unpaired) electrons. The third-order valence-corrected chi connectivity index (χ3v) is 4.05. The molecule has 0 aliphatic carbocycles. The summed E-state index contributed by atoms with van der Waals surface area (Å²) in [6, 6.07) is 15.3. The Bertz CT molecular complexity index is 708. The lowest BCUT2D eigenvalue weighted by molar-refractivity contribution is -0.116. The second-order valence-corrected chi connectivity index (χ2v) is 6.00. The molecule has 0 saturated carbocycles. The Morgan fingerprint density at radius 3 is 2.36 bits per heavy atom. The SMILES string of the molecule is CCNCc1cccc(NC(=O)CCC(=O)c2ccc(CC)cc2)c1. The maximum Gasteiger partial charge on any atom is 0.224 e. The van der Waals surface area contributed by atoms with E-state index in [2.05, 4.69) is 24.5 Å². The number of hydrogen-bond acceptors (Lipinski definition) is 3. The van der Waals surface area contributed by atoms with E-state index in [0.29, 0.717) is 5.56 Å². The number of Topliss-reactive ketones (excluding diaryl/α,β-unsaturated/α-hetero) is 1. The highest BCUT2D eigenvalue weighted by Crippen LogP contribution is 2.13. The fourth-order valence-electron chi connectivity index (χ4n) is 2.55. The molecule has 0 aliphatic heterocycles. The summed E-state index contributed by atoms with van der Waals surface area (Å²) in [6.45, 7) is 5.80. The maximum absolute atomic E-state index is 12.2. The van der Waals surface area contributed by atoms with Crippen LogP contribution in [0.15, 0.2) is 48.5 Å². The molecule has 25 heavy (non-hydrogen) atoms. The van der Waals surface area contributed by atoms with Gasteiger partial charge >= 0.3 is 0 Å². The van der Waals surface area contributed by atoms with E-state index in [1.807, 2.05) is 48.5 Å². The predicted octanol–water partition coefficient (Wildman–Crippen LogP) is 3.96. The Morgan fingerprint density at radius 1 is 0.920 bits per heavy atom. The standard InChI is InChI=1S/C21H26N2O2/c1-3-16-8-10-18(11-9-16)20(24)12-13-21(25)23-19-7-5-6-17(14-19)15-22-4-2/h5-11,14,22H,3-4,12-13,15H2,1-2H3,(H,23,25). The molecule has 132 valence electrons. The van der Waals surface area contributed by atoms with Gasteiger partial charge in [-0.2, -0.15) is 0 Å². The molecular formula is C21H26N2O2. The highest BCUT2D eigenvalue weighted by Gasteiger charge is 2.10. The average Bonchev–Trinajstić information content (AvgIpc) is 2.65. The van der Waals surface area contributed by atoms with Crippen LogP contribution >= 0.6 is 0 Å². The van der Waals surface area contributed by atoms with Gasteiger partial charge in [0.15, 0.2) is 5.78 Å². The Balaban J connectivity index is 1.84. The minimum absolute atomic E-state index is 0.00120. The lowest BCUT2D eigenvalue weighted by Crippen LogP contribution is -2.15. The highest BCUT2D eigenvalue weighted by atomic mass is 16.2. The first-order chi connectivity index (χ1) is 12.1. The molecule has 0 bridgehead atoms. The van der Waals surface area contributed by atoms with Crippen LogP contribution in [-0.2, 0) is 17.8 Å². The molecule has 0 saturated heterocycles. The molecule has 2 aromatic rings. The molecule has 2 rings (SSSR count). The van der Waals surface area contributed by atoms with Gasteiger partial charge in [-0.1, -0.05) is 50.2 Å². The van der Waals surface area contributed by atoms with Gasteiger partial charge in [0.05, 0.1) is 0 Å². The largest absolute Gasteiger partial charge is 0.326 e. The normalized spacial score (nSPS) is 10.5. The van der Waals surface area contributed by atoms with Gasteiger partial charge in [-0.05, 0) is 36.2 Å². The third-order valence-electron chi connectivity index (χ3n) is 4.05. The van der Waals surface area contributed by atoms with Crippen molar-refractivity contribution in [1.29, 1.82) is 0 Å². The fourth-order valence-corrected chi connectivity index (χ4v) is 2.55. The molecule has 4 nitrogen and oxygen atoms in total. The van der Waals surface area contributed by atoms with Crippen LogP contribution in [-0.4, -0.2) is 18.2 Å². The predicted molar refractivity (Wildman–Crippen MR) is 102 cm³/mol. The number of rotatable bonds is 9. The van der Waals surface area contributed by atoms with Gasteiger partial charge in [0.2, 0.25) is 5.91 Å². The summed E-state index contributed by atoms with van der Waals surface area (Å²) in [4.78, 5) is 24.3. The minimum Gasteiger partial charge on any atom is -0.326 e. The van der Waals surface area contributed by atoms with Gasteiger partial charge in [0.25, 0.3) is 0 Å². The maximum atomic E-state index is 12.2. The molecular weight excluding hydrogens is 312 g/mol. The van der Waals surface area contributed by atoms with Crippen LogP contribution < -0.4 is 10.6 Å². The van der Waals surface area contributed by atoms with Crippen LogP contribution in [0.4, 0.5) is 5.69 Å². The highest BCUT2D eigenvalue weighted by molar-refractivity contribution is 6.00. The number of ketones is 1. The van der Waals surface area contributed by atoms with E-state index in [1.54, 1.807) is 0 Å². The summed E-state index contributed by atoms with van der Waals surface area (Å²) >= 11 is 0. The lowest BCUT2D eigenvalue weighted by atomic mass is 10.0. The number of nitrogens with one attached hydrogen (secondary N) is 2. The molecule has 0 atom stereocenters. The van der Waals surface area contributed by atoms with Gasteiger partial charge in [-0.3, -0.25) is 9.59 Å². The van der Waals surface area contributed by atoms with Gasteiger partial charge < -0.3 is 10.6 Å². The number of aryl methyl sites for hydroxylation is 1. The number of anilines is 1. The van der Waals surface area contributed by atoms with E-state index in [0.717, 1.165) is 30.8 Å². The van der Waals surface area contributed by atoms with Gasteiger partial charge in [0, 0.05) is 30.6 Å². The quantitative estimate of drug-likeness (QED) is 0.680. The van der Waals surface area contributed by atoms with E-state index in [-0.39, 0.29) is 24.5 Å². The second-order valence-electron chi connectivity index (χ2n) is 6.00.